The lowest BCUT2D eigenvalue weighted by molar-refractivity contribution is -0.120. The third-order valence-corrected chi connectivity index (χ3v) is 4.59. The Balaban J connectivity index is 1.78. The first-order valence-corrected chi connectivity index (χ1v) is 10.5. The van der Waals surface area contributed by atoms with Gasteiger partial charge in [-0.15, -0.1) is 0 Å². The predicted molar refractivity (Wildman–Crippen MR) is 118 cm³/mol. The van der Waals surface area contributed by atoms with E-state index >= 15 is 0 Å². The maximum Gasteiger partial charge on any atom is 0.340 e. The topological polar surface area (TPSA) is 135 Å². The summed E-state index contributed by atoms with van der Waals surface area (Å²) in [5.74, 6) is -0.805. The summed E-state index contributed by atoms with van der Waals surface area (Å²) in [5.41, 5.74) is 2.62. The Hall–Kier alpha value is -3.53. The number of carbonyl (C=O) groups excluding carboxylic acids is 3. The number of carbonyl (C=O) groups is 3. The lowest BCUT2D eigenvalue weighted by Gasteiger charge is -2.06. The summed E-state index contributed by atoms with van der Waals surface area (Å²) in [4.78, 5) is 48.6. The van der Waals surface area contributed by atoms with Crippen LogP contribution in [0.25, 0.3) is 11.6 Å². The Morgan fingerprint density at radius 2 is 2.06 bits per heavy atom. The first kappa shape index (κ1) is 23.1. The van der Waals surface area contributed by atoms with E-state index in [2.05, 4.69) is 25.6 Å². The van der Waals surface area contributed by atoms with Gasteiger partial charge < -0.3 is 25.1 Å². The van der Waals surface area contributed by atoms with E-state index < -0.39 is 5.97 Å². The lowest BCUT2D eigenvalue weighted by atomic mass is 10.1. The number of nitrogens with one attached hydrogen (secondary N) is 3. The van der Waals surface area contributed by atoms with E-state index in [4.69, 9.17) is 9.47 Å². The third kappa shape index (κ3) is 5.58. The molecule has 0 fully saturated rings. The van der Waals surface area contributed by atoms with Crippen LogP contribution in [0.1, 0.15) is 53.5 Å². The van der Waals surface area contributed by atoms with E-state index in [1.807, 2.05) is 6.92 Å². The van der Waals surface area contributed by atoms with Crippen LogP contribution >= 0.6 is 0 Å². The second-order valence-electron chi connectivity index (χ2n) is 7.20. The molecule has 0 bridgehead atoms. The lowest BCUT2D eigenvalue weighted by Crippen LogP contribution is -2.29. The minimum Gasteiger partial charge on any atom is -0.462 e. The number of anilines is 1. The van der Waals surface area contributed by atoms with Crippen molar-refractivity contribution in [3.63, 3.8) is 0 Å². The van der Waals surface area contributed by atoms with Gasteiger partial charge in [0.15, 0.2) is 0 Å². The quantitative estimate of drug-likeness (QED) is 0.291. The maximum atomic E-state index is 12.5. The number of aryl methyl sites for hydroxylation is 1. The number of hydrogen-bond donors (Lipinski definition) is 3. The van der Waals surface area contributed by atoms with E-state index in [0.29, 0.717) is 42.4 Å². The number of H-pyrrole nitrogens is 1. The van der Waals surface area contributed by atoms with Crippen molar-refractivity contribution in [3.05, 3.63) is 40.7 Å². The molecule has 170 valence electrons. The highest BCUT2D eigenvalue weighted by Crippen LogP contribution is 2.31. The zero-order valence-corrected chi connectivity index (χ0v) is 18.4. The molecule has 2 aromatic rings. The van der Waals surface area contributed by atoms with E-state index in [0.717, 1.165) is 12.1 Å². The SMILES string of the molecule is CCCOCCNC(=O)Cc1ncc2c(n1)/C(=C/c1[nH]c(C)cc1C(=O)OCC)C(=O)N2. The van der Waals surface area contributed by atoms with Crippen molar-refractivity contribution in [1.29, 1.82) is 0 Å². The van der Waals surface area contributed by atoms with Gasteiger partial charge in [0, 0.05) is 18.8 Å². The molecule has 0 saturated carbocycles. The molecule has 3 rings (SSSR count). The Morgan fingerprint density at radius 1 is 1.25 bits per heavy atom. The smallest absolute Gasteiger partial charge is 0.340 e. The van der Waals surface area contributed by atoms with Gasteiger partial charge in [0.25, 0.3) is 5.91 Å². The van der Waals surface area contributed by atoms with Gasteiger partial charge in [-0.2, -0.15) is 0 Å². The molecular formula is C22H27N5O5. The minimum atomic E-state index is -0.481. The summed E-state index contributed by atoms with van der Waals surface area (Å²) in [7, 11) is 0. The molecule has 10 nitrogen and oxygen atoms in total. The number of esters is 1. The summed E-state index contributed by atoms with van der Waals surface area (Å²) in [6.45, 7) is 7.28. The van der Waals surface area contributed by atoms with Crippen molar-refractivity contribution < 1.29 is 23.9 Å². The fourth-order valence-electron chi connectivity index (χ4n) is 3.19. The molecular weight excluding hydrogens is 414 g/mol. The molecule has 2 aromatic heterocycles. The molecule has 32 heavy (non-hydrogen) atoms. The average molecular weight is 441 g/mol. The summed E-state index contributed by atoms with van der Waals surface area (Å²) in [6, 6.07) is 1.66. The number of aromatic amines is 1. The standard InChI is InChI=1S/C22H27N5O5/c1-4-7-31-8-6-23-19(28)11-18-24-12-17-20(27-18)15(21(29)26-17)10-16-14(9-13(3)25-16)22(30)32-5-2/h9-10,12,25H,4-8,11H2,1-3H3,(H,23,28)(H,26,29)/b15-10-. The number of aromatic nitrogens is 3. The molecule has 0 aliphatic carbocycles. The van der Waals surface area contributed by atoms with E-state index in [1.165, 1.54) is 6.20 Å². The van der Waals surface area contributed by atoms with Crippen molar-refractivity contribution in [2.24, 2.45) is 0 Å². The molecule has 3 N–H and O–H groups in total. The van der Waals surface area contributed by atoms with Crippen LogP contribution in [0.4, 0.5) is 5.69 Å². The maximum absolute atomic E-state index is 12.5. The fourth-order valence-corrected chi connectivity index (χ4v) is 3.19. The summed E-state index contributed by atoms with van der Waals surface area (Å²) < 4.78 is 10.4. The summed E-state index contributed by atoms with van der Waals surface area (Å²) in [6.07, 6.45) is 3.92. The minimum absolute atomic E-state index is 0.0295. The average Bonchev–Trinajstić information content (AvgIpc) is 3.27. The molecule has 0 radical (unpaired) electrons. The first-order valence-electron chi connectivity index (χ1n) is 10.5. The fraction of sp³-hybridized carbons (Fsp3) is 0.409. The number of hydrogen-bond acceptors (Lipinski definition) is 7. The number of ether oxygens (including phenoxy) is 2. The predicted octanol–water partition coefficient (Wildman–Crippen LogP) is 1.87. The van der Waals surface area contributed by atoms with Crippen molar-refractivity contribution in [2.75, 3.05) is 31.7 Å². The first-order chi connectivity index (χ1) is 15.4. The highest BCUT2D eigenvalue weighted by atomic mass is 16.5. The van der Waals surface area contributed by atoms with Gasteiger partial charge in [-0.25, -0.2) is 14.8 Å². The van der Waals surface area contributed by atoms with Gasteiger partial charge in [0.2, 0.25) is 5.91 Å². The summed E-state index contributed by atoms with van der Waals surface area (Å²) in [5, 5.41) is 5.46. The summed E-state index contributed by atoms with van der Waals surface area (Å²) >= 11 is 0. The second-order valence-corrected chi connectivity index (χ2v) is 7.20. The van der Waals surface area contributed by atoms with E-state index in [9.17, 15) is 14.4 Å². The Bertz CT molecular complexity index is 1040. The normalized spacial score (nSPS) is 13.7. The molecule has 0 unspecified atom stereocenters. The van der Waals surface area contributed by atoms with Gasteiger partial charge in [-0.3, -0.25) is 9.59 Å². The van der Waals surface area contributed by atoms with Crippen LogP contribution in [-0.4, -0.2) is 59.1 Å². The molecule has 1 aliphatic rings. The van der Waals surface area contributed by atoms with Gasteiger partial charge in [-0.05, 0) is 32.4 Å². The number of fused-ring (bicyclic) bond motifs is 1. The zero-order chi connectivity index (χ0) is 23.1. The van der Waals surface area contributed by atoms with Crippen LogP contribution in [-0.2, 0) is 25.5 Å². The molecule has 3 heterocycles. The largest absolute Gasteiger partial charge is 0.462 e. The highest BCUT2D eigenvalue weighted by molar-refractivity contribution is 6.34. The van der Waals surface area contributed by atoms with Gasteiger partial charge in [0.1, 0.15) is 11.5 Å². The Labute approximate surface area is 185 Å². The third-order valence-electron chi connectivity index (χ3n) is 4.59. The van der Waals surface area contributed by atoms with Crippen LogP contribution in [0.3, 0.4) is 0 Å². The van der Waals surface area contributed by atoms with Crippen molar-refractivity contribution >= 4 is 35.1 Å². The van der Waals surface area contributed by atoms with Crippen molar-refractivity contribution in [1.82, 2.24) is 20.3 Å². The molecule has 2 amide bonds. The van der Waals surface area contributed by atoms with Crippen molar-refractivity contribution in [2.45, 2.75) is 33.6 Å². The second kappa shape index (κ2) is 10.7. The van der Waals surface area contributed by atoms with Crippen LogP contribution in [0.15, 0.2) is 12.3 Å². The van der Waals surface area contributed by atoms with Crippen LogP contribution in [0.5, 0.6) is 0 Å². The van der Waals surface area contributed by atoms with Crippen LogP contribution < -0.4 is 10.6 Å². The number of nitrogens with zero attached hydrogens (tertiary/aromatic N) is 2. The number of rotatable bonds is 10. The molecule has 10 heteroatoms. The molecule has 0 spiro atoms. The van der Waals surface area contributed by atoms with Crippen molar-refractivity contribution in [3.8, 4) is 0 Å². The van der Waals surface area contributed by atoms with Gasteiger partial charge >= 0.3 is 5.97 Å². The van der Waals surface area contributed by atoms with Crippen LogP contribution in [0, 0.1) is 6.92 Å². The van der Waals surface area contributed by atoms with Gasteiger partial charge in [0.05, 0.1) is 48.3 Å². The van der Waals surface area contributed by atoms with E-state index in [-0.39, 0.29) is 36.2 Å². The highest BCUT2D eigenvalue weighted by Gasteiger charge is 2.28. The molecule has 1 aliphatic heterocycles. The Kier molecular flexibility index (Phi) is 7.72. The van der Waals surface area contributed by atoms with Gasteiger partial charge in [-0.1, -0.05) is 6.92 Å². The van der Waals surface area contributed by atoms with E-state index in [1.54, 1.807) is 26.0 Å². The number of amides is 2. The molecule has 0 aromatic carbocycles. The monoisotopic (exact) mass is 441 g/mol. The molecule has 0 atom stereocenters. The zero-order valence-electron chi connectivity index (χ0n) is 18.4. The molecule has 0 saturated heterocycles. The van der Waals surface area contributed by atoms with Crippen LogP contribution in [0.2, 0.25) is 0 Å². The Morgan fingerprint density at radius 3 is 2.81 bits per heavy atom.